The molecule has 0 spiro atoms. The topological polar surface area (TPSA) is 12.0 Å². The summed E-state index contributed by atoms with van der Waals surface area (Å²) < 4.78 is 36.7. The minimum Gasteiger partial charge on any atom is -0.314 e. The summed E-state index contributed by atoms with van der Waals surface area (Å²) in [5, 5.41) is 2.87. The van der Waals surface area contributed by atoms with Crippen LogP contribution in [0.5, 0.6) is 0 Å². The van der Waals surface area contributed by atoms with E-state index in [1.807, 2.05) is 14.8 Å². The fourth-order valence-corrected chi connectivity index (χ4v) is 0.979. The van der Waals surface area contributed by atoms with Crippen LogP contribution in [-0.2, 0) is 0 Å². The summed E-state index contributed by atoms with van der Waals surface area (Å²) in [4.78, 5) is 0. The van der Waals surface area contributed by atoms with E-state index in [9.17, 15) is 13.2 Å². The fraction of sp³-hybridized carbons (Fsp3) is 1.00. The third-order valence-electron chi connectivity index (χ3n) is 2.28. The molecule has 0 amide bonds. The van der Waals surface area contributed by atoms with Gasteiger partial charge in [-0.3, -0.25) is 0 Å². The molecule has 13 heavy (non-hydrogen) atoms. The molecule has 0 aromatic carbocycles. The molecule has 1 nitrogen and oxygen atoms in total. The first-order chi connectivity index (χ1) is 5.91. The van der Waals surface area contributed by atoms with E-state index in [-0.39, 0.29) is 19.0 Å². The molecule has 0 heterocycles. The number of hydrogen-bond acceptors (Lipinski definition) is 1. The highest BCUT2D eigenvalue weighted by Crippen LogP contribution is 2.27. The van der Waals surface area contributed by atoms with Crippen molar-refractivity contribution in [3.05, 3.63) is 0 Å². The summed E-state index contributed by atoms with van der Waals surface area (Å²) in [5.74, 6) is -1.21. The van der Waals surface area contributed by atoms with Gasteiger partial charge in [0.25, 0.3) is 0 Å². The average Bonchev–Trinajstić information content (AvgIpc) is 2.02. The normalized spacial score (nSPS) is 17.0. The number of alkyl halides is 3. The number of rotatable bonds is 5. The molecule has 1 N–H and O–H groups in total. The Bertz CT molecular complexity index is 138. The second kappa shape index (κ2) is 5.53. The van der Waals surface area contributed by atoms with Crippen molar-refractivity contribution in [2.45, 2.75) is 38.8 Å². The fourth-order valence-electron chi connectivity index (χ4n) is 0.979. The molecule has 0 aliphatic rings. The van der Waals surface area contributed by atoms with E-state index in [0.717, 1.165) is 6.32 Å². The minimum absolute atomic E-state index is 0.0367. The largest absolute Gasteiger partial charge is 0.393 e. The Labute approximate surface area is 78.5 Å². The van der Waals surface area contributed by atoms with Gasteiger partial charge < -0.3 is 5.32 Å². The Kier molecular flexibility index (Phi) is 5.45. The summed E-state index contributed by atoms with van der Waals surface area (Å²) in [6, 6.07) is 0.163. The van der Waals surface area contributed by atoms with Crippen LogP contribution in [0.3, 0.4) is 0 Å². The monoisotopic (exact) mass is 195 g/mol. The van der Waals surface area contributed by atoms with Crippen molar-refractivity contribution in [1.82, 2.24) is 5.32 Å². The number of nitrogens with one attached hydrogen (secondary N) is 1. The van der Waals surface area contributed by atoms with Crippen LogP contribution < -0.4 is 5.32 Å². The van der Waals surface area contributed by atoms with Gasteiger partial charge in [0.2, 0.25) is 0 Å². The molecule has 0 radical (unpaired) electrons. The van der Waals surface area contributed by atoms with Crippen LogP contribution in [0.15, 0.2) is 0 Å². The molecule has 0 saturated heterocycles. The second-order valence-corrected chi connectivity index (χ2v) is 3.36. The smallest absolute Gasteiger partial charge is 0.314 e. The van der Waals surface area contributed by atoms with Gasteiger partial charge in [-0.1, -0.05) is 20.2 Å². The van der Waals surface area contributed by atoms with Crippen molar-refractivity contribution >= 4 is 7.85 Å². The molecule has 0 aromatic rings. The Morgan fingerprint density at radius 2 is 1.92 bits per heavy atom. The highest BCUT2D eigenvalue weighted by molar-refractivity contribution is 6.08. The molecule has 2 unspecified atom stereocenters. The quantitative estimate of drug-likeness (QED) is 0.657. The predicted molar refractivity (Wildman–Crippen MR) is 50.7 cm³/mol. The molecule has 0 aliphatic heterocycles. The summed E-state index contributed by atoms with van der Waals surface area (Å²) >= 11 is 0. The van der Waals surface area contributed by atoms with E-state index in [2.05, 4.69) is 5.32 Å². The maximum Gasteiger partial charge on any atom is 0.393 e. The van der Waals surface area contributed by atoms with Gasteiger partial charge in [0, 0.05) is 6.54 Å². The van der Waals surface area contributed by atoms with Crippen LogP contribution in [0.4, 0.5) is 13.2 Å². The first-order valence-electron chi connectivity index (χ1n) is 4.71. The van der Waals surface area contributed by atoms with E-state index >= 15 is 0 Å². The lowest BCUT2D eigenvalue weighted by molar-refractivity contribution is -0.174. The summed E-state index contributed by atoms with van der Waals surface area (Å²) in [6.07, 6.45) is -3.06. The molecular weight excluding hydrogens is 178 g/mol. The highest BCUT2D eigenvalue weighted by Gasteiger charge is 2.37. The first kappa shape index (κ1) is 12.8. The van der Waals surface area contributed by atoms with Gasteiger partial charge in [-0.15, -0.1) is 0 Å². The van der Waals surface area contributed by atoms with E-state index in [1.54, 1.807) is 6.92 Å². The second-order valence-electron chi connectivity index (χ2n) is 3.36. The van der Waals surface area contributed by atoms with Crippen LogP contribution in [0.2, 0.25) is 6.32 Å². The van der Waals surface area contributed by atoms with Gasteiger partial charge in [-0.25, -0.2) is 0 Å². The Hall–Kier alpha value is -0.185. The summed E-state index contributed by atoms with van der Waals surface area (Å²) in [7, 11) is 1.95. The molecule has 0 fully saturated rings. The van der Waals surface area contributed by atoms with Gasteiger partial charge in [-0.05, 0) is 12.5 Å². The maximum atomic E-state index is 12.2. The van der Waals surface area contributed by atoms with Crippen molar-refractivity contribution < 1.29 is 13.2 Å². The molecule has 5 heteroatoms. The standard InChI is InChI=1S/C8H17BF3N/c1-3-7(8(10,11)12)5-13-6(2)4-9/h6-7,13H,3-5,9H2,1-2H3. The Morgan fingerprint density at radius 3 is 2.23 bits per heavy atom. The van der Waals surface area contributed by atoms with Crippen molar-refractivity contribution in [3.63, 3.8) is 0 Å². The van der Waals surface area contributed by atoms with Crippen molar-refractivity contribution in [2.75, 3.05) is 6.54 Å². The van der Waals surface area contributed by atoms with Crippen molar-refractivity contribution in [1.29, 1.82) is 0 Å². The van der Waals surface area contributed by atoms with E-state index in [4.69, 9.17) is 0 Å². The van der Waals surface area contributed by atoms with E-state index in [0.29, 0.717) is 0 Å². The van der Waals surface area contributed by atoms with E-state index < -0.39 is 12.1 Å². The molecular formula is C8H17BF3N. The number of halogens is 3. The summed E-state index contributed by atoms with van der Waals surface area (Å²) in [5.41, 5.74) is 0. The van der Waals surface area contributed by atoms with Crippen LogP contribution in [0.1, 0.15) is 20.3 Å². The molecule has 0 rings (SSSR count). The zero-order chi connectivity index (χ0) is 10.5. The molecule has 0 aromatic heterocycles. The van der Waals surface area contributed by atoms with Crippen LogP contribution in [0.25, 0.3) is 0 Å². The molecule has 2 atom stereocenters. The molecule has 0 bridgehead atoms. The lowest BCUT2D eigenvalue weighted by atomic mass is 9.97. The van der Waals surface area contributed by atoms with Gasteiger partial charge >= 0.3 is 6.18 Å². The van der Waals surface area contributed by atoms with Crippen LogP contribution in [-0.4, -0.2) is 26.6 Å². The van der Waals surface area contributed by atoms with Crippen molar-refractivity contribution in [3.8, 4) is 0 Å². The zero-order valence-corrected chi connectivity index (χ0v) is 8.41. The van der Waals surface area contributed by atoms with Crippen LogP contribution in [0, 0.1) is 5.92 Å². The lowest BCUT2D eigenvalue weighted by Crippen LogP contribution is -2.37. The minimum atomic E-state index is -4.06. The third kappa shape index (κ3) is 5.19. The van der Waals surface area contributed by atoms with Crippen molar-refractivity contribution in [2.24, 2.45) is 5.92 Å². The Balaban J connectivity index is 3.86. The third-order valence-corrected chi connectivity index (χ3v) is 2.28. The first-order valence-corrected chi connectivity index (χ1v) is 4.71. The maximum absolute atomic E-state index is 12.2. The molecule has 0 saturated carbocycles. The van der Waals surface area contributed by atoms with E-state index in [1.165, 1.54) is 0 Å². The predicted octanol–water partition coefficient (Wildman–Crippen LogP) is 1.60. The van der Waals surface area contributed by atoms with Gasteiger partial charge in [0.05, 0.1) is 5.92 Å². The zero-order valence-electron chi connectivity index (χ0n) is 8.41. The molecule has 0 aliphatic carbocycles. The SMILES string of the molecule is BCC(C)NCC(CC)C(F)(F)F. The molecule has 78 valence electrons. The average molecular weight is 195 g/mol. The van der Waals surface area contributed by atoms with Gasteiger partial charge in [0.1, 0.15) is 7.85 Å². The summed E-state index contributed by atoms with van der Waals surface area (Å²) in [6.45, 7) is 3.49. The van der Waals surface area contributed by atoms with Crippen LogP contribution >= 0.6 is 0 Å². The highest BCUT2D eigenvalue weighted by atomic mass is 19.4. The lowest BCUT2D eigenvalue weighted by Gasteiger charge is -2.21. The van der Waals surface area contributed by atoms with Gasteiger partial charge in [0.15, 0.2) is 0 Å². The van der Waals surface area contributed by atoms with Gasteiger partial charge in [-0.2, -0.15) is 13.2 Å². The Morgan fingerprint density at radius 1 is 1.38 bits per heavy atom. The number of hydrogen-bond donors (Lipinski definition) is 1.